The molecule has 2 aromatic rings. The first-order valence-electron chi connectivity index (χ1n) is 8.36. The van der Waals surface area contributed by atoms with E-state index in [1.54, 1.807) is 43.7 Å². The zero-order valence-corrected chi connectivity index (χ0v) is 15.4. The molecule has 0 bridgehead atoms. The molecule has 0 radical (unpaired) electrons. The molecule has 1 aromatic heterocycles. The summed E-state index contributed by atoms with van der Waals surface area (Å²) in [6, 6.07) is 10.5. The van der Waals surface area contributed by atoms with Gasteiger partial charge in [0.15, 0.2) is 9.84 Å². The van der Waals surface area contributed by atoms with Crippen molar-refractivity contribution in [1.29, 1.82) is 0 Å². The van der Waals surface area contributed by atoms with E-state index in [-0.39, 0.29) is 30.0 Å². The summed E-state index contributed by atoms with van der Waals surface area (Å²) in [4.78, 5) is 14.4. The zero-order valence-electron chi connectivity index (χ0n) is 14.6. The minimum Gasteiger partial charge on any atom is -0.497 e. The predicted molar refractivity (Wildman–Crippen MR) is 97.8 cm³/mol. The first-order valence-corrected chi connectivity index (χ1v) is 10.2. The minimum absolute atomic E-state index is 0.0696. The lowest BCUT2D eigenvalue weighted by Crippen LogP contribution is -2.41. The Morgan fingerprint density at radius 3 is 2.85 bits per heavy atom. The monoisotopic (exact) mass is 378 g/mol. The number of methoxy groups -OCH3 is 1. The van der Waals surface area contributed by atoms with Gasteiger partial charge in [0.05, 0.1) is 38.0 Å². The first-order chi connectivity index (χ1) is 12.4. The van der Waals surface area contributed by atoms with Gasteiger partial charge >= 0.3 is 0 Å². The number of hydrogen-bond donors (Lipinski definition) is 1. The number of anilines is 1. The molecule has 1 aliphatic rings. The Morgan fingerprint density at radius 1 is 1.35 bits per heavy atom. The largest absolute Gasteiger partial charge is 0.497 e. The van der Waals surface area contributed by atoms with E-state index in [0.29, 0.717) is 30.2 Å². The number of hydrogen-bond acceptors (Lipinski definition) is 6. The van der Waals surface area contributed by atoms with Crippen LogP contribution in [0.1, 0.15) is 12.2 Å². The second-order valence-corrected chi connectivity index (χ2v) is 8.55. The summed E-state index contributed by atoms with van der Waals surface area (Å²) in [5.41, 5.74) is 0.631. The number of furan rings is 1. The Morgan fingerprint density at radius 2 is 2.19 bits per heavy atom. The number of carbonyl (C=O) groups excluding carboxylic acids is 1. The van der Waals surface area contributed by atoms with Gasteiger partial charge < -0.3 is 14.5 Å². The number of rotatable bonds is 7. The predicted octanol–water partition coefficient (Wildman–Crippen LogP) is 1.92. The van der Waals surface area contributed by atoms with Crippen molar-refractivity contribution in [3.05, 3.63) is 48.4 Å². The summed E-state index contributed by atoms with van der Waals surface area (Å²) in [5.74, 6) is 1.36. The lowest BCUT2D eigenvalue weighted by Gasteiger charge is -2.26. The molecule has 26 heavy (non-hydrogen) atoms. The average molecular weight is 378 g/mol. The van der Waals surface area contributed by atoms with Gasteiger partial charge in [-0.25, -0.2) is 8.42 Å². The quantitative estimate of drug-likeness (QED) is 0.792. The molecule has 1 aliphatic heterocycles. The number of benzene rings is 1. The molecule has 1 unspecified atom stereocenters. The average Bonchev–Trinajstić information content (AvgIpc) is 3.23. The number of carbonyl (C=O) groups is 1. The van der Waals surface area contributed by atoms with E-state index in [9.17, 15) is 13.2 Å². The van der Waals surface area contributed by atoms with Crippen LogP contribution in [-0.4, -0.2) is 50.4 Å². The van der Waals surface area contributed by atoms with Crippen molar-refractivity contribution >= 4 is 21.4 Å². The van der Waals surface area contributed by atoms with Crippen molar-refractivity contribution in [1.82, 2.24) is 4.90 Å². The normalized spacial score (nSPS) is 18.8. The summed E-state index contributed by atoms with van der Waals surface area (Å²) < 4.78 is 34.2. The fourth-order valence-corrected chi connectivity index (χ4v) is 4.83. The molecule has 2 heterocycles. The Labute approximate surface area is 152 Å². The van der Waals surface area contributed by atoms with E-state index >= 15 is 0 Å². The SMILES string of the molecule is COc1cccc(NC(=O)CN(Cc2ccco2)C2CCS(=O)(=O)C2)c1. The van der Waals surface area contributed by atoms with Crippen LogP contribution in [-0.2, 0) is 21.2 Å². The molecule has 1 aromatic carbocycles. The Bertz CT molecular complexity index is 848. The van der Waals surface area contributed by atoms with Crippen molar-refractivity contribution in [2.24, 2.45) is 0 Å². The van der Waals surface area contributed by atoms with Gasteiger partial charge in [-0.05, 0) is 30.7 Å². The Kier molecular flexibility index (Phi) is 5.63. The van der Waals surface area contributed by atoms with Crippen molar-refractivity contribution in [2.75, 3.05) is 30.5 Å². The molecule has 1 N–H and O–H groups in total. The van der Waals surface area contributed by atoms with E-state index in [1.807, 2.05) is 11.0 Å². The third-order valence-corrected chi connectivity index (χ3v) is 6.11. The molecule has 8 heteroatoms. The van der Waals surface area contributed by atoms with E-state index in [1.165, 1.54) is 0 Å². The highest BCUT2D eigenvalue weighted by Crippen LogP contribution is 2.21. The second-order valence-electron chi connectivity index (χ2n) is 6.32. The van der Waals surface area contributed by atoms with Crippen LogP contribution < -0.4 is 10.1 Å². The van der Waals surface area contributed by atoms with Crippen molar-refractivity contribution in [3.8, 4) is 5.75 Å². The van der Waals surface area contributed by atoms with Gasteiger partial charge in [0.25, 0.3) is 0 Å². The molecule has 3 rings (SSSR count). The van der Waals surface area contributed by atoms with Gasteiger partial charge in [-0.15, -0.1) is 0 Å². The Balaban J connectivity index is 1.69. The topological polar surface area (TPSA) is 88.8 Å². The smallest absolute Gasteiger partial charge is 0.238 e. The van der Waals surface area contributed by atoms with Crippen molar-refractivity contribution in [2.45, 2.75) is 19.0 Å². The molecule has 1 amide bonds. The fraction of sp³-hybridized carbons (Fsp3) is 0.389. The van der Waals surface area contributed by atoms with Crippen LogP contribution >= 0.6 is 0 Å². The van der Waals surface area contributed by atoms with E-state index in [0.717, 1.165) is 0 Å². The van der Waals surface area contributed by atoms with Gasteiger partial charge in [-0.2, -0.15) is 0 Å². The molecule has 140 valence electrons. The maximum atomic E-state index is 12.5. The summed E-state index contributed by atoms with van der Waals surface area (Å²) in [6.07, 6.45) is 2.09. The lowest BCUT2D eigenvalue weighted by molar-refractivity contribution is -0.118. The van der Waals surface area contributed by atoms with E-state index in [2.05, 4.69) is 5.32 Å². The molecular weight excluding hydrogens is 356 g/mol. The highest BCUT2D eigenvalue weighted by molar-refractivity contribution is 7.91. The molecule has 1 atom stereocenters. The fourth-order valence-electron chi connectivity index (χ4n) is 3.07. The highest BCUT2D eigenvalue weighted by Gasteiger charge is 2.33. The maximum absolute atomic E-state index is 12.5. The van der Waals surface area contributed by atoms with Gasteiger partial charge in [-0.1, -0.05) is 6.07 Å². The van der Waals surface area contributed by atoms with Crippen LogP contribution in [0.3, 0.4) is 0 Å². The van der Waals surface area contributed by atoms with Crippen LogP contribution in [0.25, 0.3) is 0 Å². The minimum atomic E-state index is -3.04. The lowest BCUT2D eigenvalue weighted by atomic mass is 10.2. The first kappa shape index (κ1) is 18.5. The van der Waals surface area contributed by atoms with Crippen LogP contribution in [0.15, 0.2) is 47.1 Å². The molecular formula is C18H22N2O5S. The van der Waals surface area contributed by atoms with Gasteiger partial charge in [0.1, 0.15) is 11.5 Å². The van der Waals surface area contributed by atoms with Crippen LogP contribution in [0.4, 0.5) is 5.69 Å². The molecule has 7 nitrogen and oxygen atoms in total. The number of ether oxygens (including phenoxy) is 1. The van der Waals surface area contributed by atoms with E-state index < -0.39 is 9.84 Å². The van der Waals surface area contributed by atoms with Gasteiger partial charge in [0, 0.05) is 17.8 Å². The van der Waals surface area contributed by atoms with Crippen molar-refractivity contribution < 1.29 is 22.4 Å². The second kappa shape index (κ2) is 7.92. The maximum Gasteiger partial charge on any atom is 0.238 e. The van der Waals surface area contributed by atoms with Gasteiger partial charge in [0.2, 0.25) is 5.91 Å². The summed E-state index contributed by atoms with van der Waals surface area (Å²) in [7, 11) is -1.48. The molecule has 0 saturated carbocycles. The third-order valence-electron chi connectivity index (χ3n) is 4.36. The zero-order chi connectivity index (χ0) is 18.6. The summed E-state index contributed by atoms with van der Waals surface area (Å²) in [5, 5.41) is 2.83. The molecule has 0 aliphatic carbocycles. The number of nitrogens with zero attached hydrogens (tertiary/aromatic N) is 1. The molecule has 1 saturated heterocycles. The van der Waals surface area contributed by atoms with Crippen LogP contribution in [0.5, 0.6) is 5.75 Å². The number of sulfone groups is 1. The summed E-state index contributed by atoms with van der Waals surface area (Å²) in [6.45, 7) is 0.469. The molecule has 0 spiro atoms. The number of nitrogens with one attached hydrogen (secondary N) is 1. The van der Waals surface area contributed by atoms with E-state index in [4.69, 9.17) is 9.15 Å². The van der Waals surface area contributed by atoms with Gasteiger partial charge in [-0.3, -0.25) is 9.69 Å². The van der Waals surface area contributed by atoms with Crippen LogP contribution in [0, 0.1) is 0 Å². The molecule has 1 fully saturated rings. The Hall–Kier alpha value is -2.32. The standard InChI is InChI=1S/C18H22N2O5S/c1-24-16-5-2-4-14(10-16)19-18(21)12-20(11-17-6-3-8-25-17)15-7-9-26(22,23)13-15/h2-6,8,10,15H,7,9,11-13H2,1H3,(H,19,21). The third kappa shape index (κ3) is 4.86. The summed E-state index contributed by atoms with van der Waals surface area (Å²) >= 11 is 0. The van der Waals surface area contributed by atoms with Crippen molar-refractivity contribution in [3.63, 3.8) is 0 Å². The van der Waals surface area contributed by atoms with Crippen LogP contribution in [0.2, 0.25) is 0 Å². The number of amides is 1. The highest BCUT2D eigenvalue weighted by atomic mass is 32.2.